The van der Waals surface area contributed by atoms with Crippen LogP contribution in [0.3, 0.4) is 0 Å². The Kier molecular flexibility index (Phi) is 5.78. The van der Waals surface area contributed by atoms with E-state index < -0.39 is 0 Å². The lowest BCUT2D eigenvalue weighted by molar-refractivity contribution is 0.0788. The van der Waals surface area contributed by atoms with Crippen molar-refractivity contribution in [2.75, 3.05) is 32.0 Å². The zero-order valence-corrected chi connectivity index (χ0v) is 15.4. The Hall–Kier alpha value is -1.82. The number of nitrogens with one attached hydrogen (secondary N) is 2. The third-order valence-corrected chi connectivity index (χ3v) is 5.03. The average Bonchev–Trinajstić information content (AvgIpc) is 3.07. The number of benzene rings is 1. The molecule has 0 saturated carbocycles. The van der Waals surface area contributed by atoms with Gasteiger partial charge in [-0.05, 0) is 56.3 Å². The molecule has 0 aliphatic carbocycles. The third kappa shape index (κ3) is 4.24. The number of carbonyl (C=O) groups is 1. The molecule has 5 nitrogen and oxygen atoms in total. The number of amides is 1. The van der Waals surface area contributed by atoms with Gasteiger partial charge in [-0.1, -0.05) is 23.2 Å². The van der Waals surface area contributed by atoms with Crippen molar-refractivity contribution in [2.24, 2.45) is 5.92 Å². The predicted octanol–water partition coefficient (Wildman–Crippen LogP) is 3.81. The molecule has 2 aromatic rings. The highest BCUT2D eigenvalue weighted by Gasteiger charge is 2.28. The summed E-state index contributed by atoms with van der Waals surface area (Å²) in [5.74, 6) is 1.01. The summed E-state index contributed by atoms with van der Waals surface area (Å²) >= 11 is 12.0. The Morgan fingerprint density at radius 1 is 1.32 bits per heavy atom. The van der Waals surface area contributed by atoms with E-state index in [9.17, 15) is 4.79 Å². The van der Waals surface area contributed by atoms with Crippen molar-refractivity contribution in [3.05, 3.63) is 52.1 Å². The van der Waals surface area contributed by atoms with Crippen molar-refractivity contribution in [1.82, 2.24) is 15.2 Å². The van der Waals surface area contributed by atoms with Crippen LogP contribution in [0.1, 0.15) is 16.8 Å². The van der Waals surface area contributed by atoms with E-state index in [-0.39, 0.29) is 5.91 Å². The maximum Gasteiger partial charge on any atom is 0.257 e. The molecular formula is C18H20Cl2N4O. The minimum Gasteiger partial charge on any atom is -0.340 e. The molecule has 1 saturated heterocycles. The number of likely N-dealkylation sites (tertiary alicyclic amines) is 1. The van der Waals surface area contributed by atoms with Crippen LogP contribution in [0.2, 0.25) is 10.0 Å². The zero-order chi connectivity index (χ0) is 17.8. The van der Waals surface area contributed by atoms with Crippen LogP contribution in [0.4, 0.5) is 11.5 Å². The molecular weight excluding hydrogens is 359 g/mol. The summed E-state index contributed by atoms with van der Waals surface area (Å²) in [5, 5.41) is 7.28. The fourth-order valence-corrected chi connectivity index (χ4v) is 3.33. The molecule has 1 amide bonds. The Labute approximate surface area is 157 Å². The van der Waals surface area contributed by atoms with Gasteiger partial charge in [-0.3, -0.25) is 4.79 Å². The quantitative estimate of drug-likeness (QED) is 0.830. The number of hydrogen-bond donors (Lipinski definition) is 2. The molecule has 25 heavy (non-hydrogen) atoms. The van der Waals surface area contributed by atoms with Crippen LogP contribution < -0.4 is 10.6 Å². The van der Waals surface area contributed by atoms with Crippen LogP contribution in [-0.2, 0) is 0 Å². The van der Waals surface area contributed by atoms with E-state index >= 15 is 0 Å². The van der Waals surface area contributed by atoms with Crippen LogP contribution in [0.25, 0.3) is 0 Å². The monoisotopic (exact) mass is 378 g/mol. The third-order valence-electron chi connectivity index (χ3n) is 4.29. The maximum absolute atomic E-state index is 12.9. The van der Waals surface area contributed by atoms with Gasteiger partial charge in [0.25, 0.3) is 5.91 Å². The molecule has 3 rings (SSSR count). The molecule has 1 atom stereocenters. The lowest BCUT2D eigenvalue weighted by atomic mass is 10.1. The van der Waals surface area contributed by atoms with Crippen molar-refractivity contribution < 1.29 is 4.79 Å². The SMILES string of the molecule is CNCC1CCN(C(=O)c2cccnc2Nc2ccc(Cl)c(Cl)c2)C1. The minimum atomic E-state index is -0.00531. The second kappa shape index (κ2) is 8.04. The van der Waals surface area contributed by atoms with E-state index in [4.69, 9.17) is 23.2 Å². The van der Waals surface area contributed by atoms with Gasteiger partial charge in [0.2, 0.25) is 0 Å². The van der Waals surface area contributed by atoms with Crippen LogP contribution in [-0.4, -0.2) is 42.5 Å². The zero-order valence-electron chi connectivity index (χ0n) is 13.9. The number of rotatable bonds is 5. The highest BCUT2D eigenvalue weighted by molar-refractivity contribution is 6.42. The first-order chi connectivity index (χ1) is 12.1. The largest absolute Gasteiger partial charge is 0.340 e. The molecule has 1 fully saturated rings. The number of anilines is 2. The summed E-state index contributed by atoms with van der Waals surface area (Å²) in [6.07, 6.45) is 2.67. The van der Waals surface area contributed by atoms with E-state index in [1.807, 2.05) is 11.9 Å². The topological polar surface area (TPSA) is 57.3 Å². The molecule has 1 aromatic carbocycles. The molecule has 2 heterocycles. The number of halogens is 2. The van der Waals surface area contributed by atoms with Crippen molar-refractivity contribution in [2.45, 2.75) is 6.42 Å². The van der Waals surface area contributed by atoms with Gasteiger partial charge in [0.1, 0.15) is 5.82 Å². The molecule has 0 spiro atoms. The second-order valence-corrected chi connectivity index (χ2v) is 6.93. The van der Waals surface area contributed by atoms with E-state index in [0.29, 0.717) is 27.3 Å². The van der Waals surface area contributed by atoms with Gasteiger partial charge < -0.3 is 15.5 Å². The smallest absolute Gasteiger partial charge is 0.257 e. The lowest BCUT2D eigenvalue weighted by Crippen LogP contribution is -2.31. The molecule has 1 unspecified atom stereocenters. The number of pyridine rings is 1. The molecule has 1 aliphatic heterocycles. The van der Waals surface area contributed by atoms with E-state index in [2.05, 4.69) is 15.6 Å². The van der Waals surface area contributed by atoms with E-state index in [1.165, 1.54) is 0 Å². The van der Waals surface area contributed by atoms with Gasteiger partial charge in [0.15, 0.2) is 0 Å². The summed E-state index contributed by atoms with van der Waals surface area (Å²) in [4.78, 5) is 19.1. The van der Waals surface area contributed by atoms with Crippen molar-refractivity contribution in [3.63, 3.8) is 0 Å². The van der Waals surface area contributed by atoms with Crippen LogP contribution >= 0.6 is 23.2 Å². The normalized spacial score (nSPS) is 16.9. The van der Waals surface area contributed by atoms with Crippen molar-refractivity contribution >= 4 is 40.6 Å². The number of carbonyl (C=O) groups excluding carboxylic acids is 1. The molecule has 1 aromatic heterocycles. The number of aromatic nitrogens is 1. The average molecular weight is 379 g/mol. The van der Waals surface area contributed by atoms with Crippen LogP contribution in [0.5, 0.6) is 0 Å². The fraction of sp³-hybridized carbons (Fsp3) is 0.333. The highest BCUT2D eigenvalue weighted by Crippen LogP contribution is 2.28. The van der Waals surface area contributed by atoms with Gasteiger partial charge in [-0.2, -0.15) is 0 Å². The minimum absolute atomic E-state index is 0.00531. The number of nitrogens with zero attached hydrogens (tertiary/aromatic N) is 2. The van der Waals surface area contributed by atoms with Gasteiger partial charge in [0.05, 0.1) is 15.6 Å². The van der Waals surface area contributed by atoms with Gasteiger partial charge >= 0.3 is 0 Å². The molecule has 0 radical (unpaired) electrons. The summed E-state index contributed by atoms with van der Waals surface area (Å²) in [6, 6.07) is 8.79. The summed E-state index contributed by atoms with van der Waals surface area (Å²) in [5.41, 5.74) is 1.29. The molecule has 7 heteroatoms. The number of hydrogen-bond acceptors (Lipinski definition) is 4. The highest BCUT2D eigenvalue weighted by atomic mass is 35.5. The Morgan fingerprint density at radius 2 is 2.16 bits per heavy atom. The van der Waals surface area contributed by atoms with Crippen molar-refractivity contribution in [3.8, 4) is 0 Å². The Balaban J connectivity index is 1.78. The molecule has 132 valence electrons. The van der Waals surface area contributed by atoms with Crippen LogP contribution in [0.15, 0.2) is 36.5 Å². The van der Waals surface area contributed by atoms with Crippen molar-refractivity contribution in [1.29, 1.82) is 0 Å². The first-order valence-corrected chi connectivity index (χ1v) is 8.95. The molecule has 1 aliphatic rings. The second-order valence-electron chi connectivity index (χ2n) is 6.12. The molecule has 0 bridgehead atoms. The molecule has 2 N–H and O–H groups in total. The standard InChI is InChI=1S/C18H20Cl2N4O/c1-21-10-12-6-8-24(11-12)18(25)14-3-2-7-22-17(14)23-13-4-5-15(19)16(20)9-13/h2-5,7,9,12,21H,6,8,10-11H2,1H3,(H,22,23). The first-order valence-electron chi connectivity index (χ1n) is 8.19. The van der Waals surface area contributed by atoms with E-state index in [0.717, 1.165) is 31.7 Å². The van der Waals surface area contributed by atoms with Gasteiger partial charge in [-0.25, -0.2) is 4.98 Å². The Bertz CT molecular complexity index is 768. The van der Waals surface area contributed by atoms with Gasteiger partial charge in [-0.15, -0.1) is 0 Å². The van der Waals surface area contributed by atoms with Crippen LogP contribution in [0, 0.1) is 5.92 Å². The Morgan fingerprint density at radius 3 is 2.92 bits per heavy atom. The first kappa shape index (κ1) is 18.0. The van der Waals surface area contributed by atoms with E-state index in [1.54, 1.807) is 36.5 Å². The summed E-state index contributed by atoms with van der Waals surface area (Å²) in [7, 11) is 1.94. The maximum atomic E-state index is 12.9. The summed E-state index contributed by atoms with van der Waals surface area (Å²) in [6.45, 7) is 2.46. The lowest BCUT2D eigenvalue weighted by Gasteiger charge is -2.18. The fourth-order valence-electron chi connectivity index (χ4n) is 3.03. The predicted molar refractivity (Wildman–Crippen MR) is 102 cm³/mol. The van der Waals surface area contributed by atoms with Gasteiger partial charge in [0, 0.05) is 25.0 Å². The summed E-state index contributed by atoms with van der Waals surface area (Å²) < 4.78 is 0.